The minimum atomic E-state index is -1.14. The number of nitrogens with zero attached hydrogens (tertiary/aromatic N) is 1. The van der Waals surface area contributed by atoms with E-state index in [0.717, 1.165) is 11.5 Å². The van der Waals surface area contributed by atoms with Crippen LogP contribution in [0, 0.1) is 6.92 Å². The molecule has 0 spiro atoms. The van der Waals surface area contributed by atoms with Crippen LogP contribution in [0.2, 0.25) is 0 Å². The molecule has 0 radical (unpaired) electrons. The minimum absolute atomic E-state index is 0.0185. The molecule has 0 saturated carbocycles. The standard InChI is InChI=1S/C12H10N2O4S/c1-7-9(11(15)16)10(19-14-7)13-12(17)18-8-5-3-2-4-6-8/h2-6H,1H3,(H,13,17)(H,15,16). The highest BCUT2D eigenvalue weighted by Gasteiger charge is 2.19. The number of carbonyl (C=O) groups is 2. The summed E-state index contributed by atoms with van der Waals surface area (Å²) in [5, 5.41) is 11.5. The van der Waals surface area contributed by atoms with Crippen LogP contribution in [0.5, 0.6) is 5.75 Å². The molecule has 1 heterocycles. The average molecular weight is 278 g/mol. The van der Waals surface area contributed by atoms with Gasteiger partial charge in [-0.25, -0.2) is 9.59 Å². The van der Waals surface area contributed by atoms with Gasteiger partial charge in [0.05, 0.1) is 5.69 Å². The molecule has 19 heavy (non-hydrogen) atoms. The molecule has 0 unspecified atom stereocenters. The lowest BCUT2D eigenvalue weighted by Gasteiger charge is -2.05. The molecule has 98 valence electrons. The van der Waals surface area contributed by atoms with Crippen LogP contribution in [-0.2, 0) is 0 Å². The summed E-state index contributed by atoms with van der Waals surface area (Å²) in [4.78, 5) is 22.6. The van der Waals surface area contributed by atoms with Crippen LogP contribution in [0.15, 0.2) is 30.3 Å². The largest absolute Gasteiger partial charge is 0.478 e. The fourth-order valence-electron chi connectivity index (χ4n) is 1.42. The second-order valence-electron chi connectivity index (χ2n) is 3.60. The number of nitrogens with one attached hydrogen (secondary N) is 1. The van der Waals surface area contributed by atoms with Gasteiger partial charge in [-0.3, -0.25) is 5.32 Å². The number of amides is 1. The maximum Gasteiger partial charge on any atom is 0.417 e. The van der Waals surface area contributed by atoms with Crippen LogP contribution in [0.1, 0.15) is 16.1 Å². The Morgan fingerprint density at radius 1 is 1.32 bits per heavy atom. The Morgan fingerprint density at radius 2 is 2.00 bits per heavy atom. The van der Waals surface area contributed by atoms with Crippen LogP contribution >= 0.6 is 11.5 Å². The molecule has 1 aromatic heterocycles. The average Bonchev–Trinajstić information content (AvgIpc) is 2.71. The van der Waals surface area contributed by atoms with E-state index >= 15 is 0 Å². The van der Waals surface area contributed by atoms with Gasteiger partial charge in [-0.05, 0) is 30.6 Å². The minimum Gasteiger partial charge on any atom is -0.478 e. The summed E-state index contributed by atoms with van der Waals surface area (Å²) in [6.07, 6.45) is -0.752. The summed E-state index contributed by atoms with van der Waals surface area (Å²) >= 11 is 0.901. The number of aryl methyl sites for hydroxylation is 1. The van der Waals surface area contributed by atoms with Crippen molar-refractivity contribution in [3.63, 3.8) is 0 Å². The van der Waals surface area contributed by atoms with Gasteiger partial charge in [0.25, 0.3) is 0 Å². The molecule has 0 aliphatic heterocycles. The van der Waals surface area contributed by atoms with E-state index in [0.29, 0.717) is 11.4 Å². The van der Waals surface area contributed by atoms with Crippen molar-refractivity contribution in [2.24, 2.45) is 0 Å². The summed E-state index contributed by atoms with van der Waals surface area (Å²) in [7, 11) is 0. The maximum atomic E-state index is 11.6. The number of para-hydroxylation sites is 1. The van der Waals surface area contributed by atoms with Gasteiger partial charge in [-0.15, -0.1) is 0 Å². The highest BCUT2D eigenvalue weighted by molar-refractivity contribution is 7.10. The van der Waals surface area contributed by atoms with Crippen molar-refractivity contribution >= 4 is 28.6 Å². The predicted molar refractivity (Wildman–Crippen MR) is 69.9 cm³/mol. The lowest BCUT2D eigenvalue weighted by molar-refractivity contribution is 0.0697. The van der Waals surface area contributed by atoms with Gasteiger partial charge in [-0.2, -0.15) is 4.37 Å². The summed E-state index contributed by atoms with van der Waals surface area (Å²) in [5.74, 6) is -0.764. The van der Waals surface area contributed by atoms with Crippen molar-refractivity contribution < 1.29 is 19.4 Å². The first-order chi connectivity index (χ1) is 9.08. The zero-order chi connectivity index (χ0) is 13.8. The number of carbonyl (C=O) groups excluding carboxylic acids is 1. The van der Waals surface area contributed by atoms with Crippen LogP contribution in [0.25, 0.3) is 0 Å². The number of hydrogen-bond acceptors (Lipinski definition) is 5. The predicted octanol–water partition coefficient (Wildman–Crippen LogP) is 2.76. The zero-order valence-corrected chi connectivity index (χ0v) is 10.7. The van der Waals surface area contributed by atoms with Gasteiger partial charge in [-0.1, -0.05) is 18.2 Å². The number of benzene rings is 1. The van der Waals surface area contributed by atoms with Gasteiger partial charge in [0.2, 0.25) is 0 Å². The van der Waals surface area contributed by atoms with Crippen LogP contribution < -0.4 is 10.1 Å². The molecule has 0 fully saturated rings. The van der Waals surface area contributed by atoms with Crippen molar-refractivity contribution in [2.45, 2.75) is 6.92 Å². The molecule has 0 aliphatic rings. The number of aromatic carboxylic acids is 1. The second-order valence-corrected chi connectivity index (χ2v) is 4.38. The number of carboxylic acids is 1. The molecule has 6 nitrogen and oxygen atoms in total. The molecule has 0 bridgehead atoms. The fourth-order valence-corrected chi connectivity index (χ4v) is 2.20. The number of anilines is 1. The number of carboxylic acid groups (broad SMARTS) is 1. The number of rotatable bonds is 3. The monoisotopic (exact) mass is 278 g/mol. The molecule has 1 amide bonds. The Morgan fingerprint density at radius 3 is 2.63 bits per heavy atom. The van der Waals surface area contributed by atoms with Gasteiger partial charge in [0.1, 0.15) is 16.3 Å². The van der Waals surface area contributed by atoms with Crippen molar-refractivity contribution in [1.29, 1.82) is 0 Å². The highest BCUT2D eigenvalue weighted by atomic mass is 32.1. The maximum absolute atomic E-state index is 11.6. The summed E-state index contributed by atoms with van der Waals surface area (Å²) in [5.41, 5.74) is 0.336. The van der Waals surface area contributed by atoms with Crippen molar-refractivity contribution in [2.75, 3.05) is 5.32 Å². The number of aromatic nitrogens is 1. The van der Waals surface area contributed by atoms with E-state index in [2.05, 4.69) is 9.69 Å². The first-order valence-corrected chi connectivity index (χ1v) is 6.08. The first-order valence-electron chi connectivity index (χ1n) is 5.31. The second kappa shape index (κ2) is 5.49. The zero-order valence-electron chi connectivity index (χ0n) is 9.91. The van der Waals surface area contributed by atoms with Crippen molar-refractivity contribution in [3.05, 3.63) is 41.6 Å². The Bertz CT molecular complexity index is 609. The molecule has 0 aliphatic carbocycles. The SMILES string of the molecule is Cc1nsc(NC(=O)Oc2ccccc2)c1C(=O)O. The Labute approximate surface area is 112 Å². The quantitative estimate of drug-likeness (QED) is 0.901. The molecule has 2 N–H and O–H groups in total. The highest BCUT2D eigenvalue weighted by Crippen LogP contribution is 2.24. The van der Waals surface area contributed by atoms with Crippen LogP contribution in [0.3, 0.4) is 0 Å². The third-order valence-corrected chi connectivity index (χ3v) is 3.10. The van der Waals surface area contributed by atoms with E-state index < -0.39 is 12.1 Å². The Hall–Kier alpha value is -2.41. The third kappa shape index (κ3) is 3.08. The van der Waals surface area contributed by atoms with Crippen molar-refractivity contribution in [3.8, 4) is 5.75 Å². The Balaban J connectivity index is 2.10. The van der Waals surface area contributed by atoms with Gasteiger partial charge < -0.3 is 9.84 Å². The lowest BCUT2D eigenvalue weighted by Crippen LogP contribution is -2.17. The summed E-state index contributed by atoms with van der Waals surface area (Å²) in [6.45, 7) is 1.56. The van der Waals surface area contributed by atoms with Crippen molar-refractivity contribution in [1.82, 2.24) is 4.37 Å². The molecular formula is C12H10N2O4S. The van der Waals surface area contributed by atoms with E-state index in [9.17, 15) is 9.59 Å². The number of hydrogen-bond donors (Lipinski definition) is 2. The molecule has 0 atom stereocenters. The lowest BCUT2D eigenvalue weighted by atomic mass is 10.2. The molecule has 1 aromatic carbocycles. The van der Waals surface area contributed by atoms with E-state index in [1.54, 1.807) is 37.3 Å². The topological polar surface area (TPSA) is 88.5 Å². The first kappa shape index (κ1) is 13.0. The summed E-state index contributed by atoms with van der Waals surface area (Å²) < 4.78 is 8.89. The molecule has 2 aromatic rings. The van der Waals surface area contributed by atoms with Gasteiger partial charge in [0, 0.05) is 0 Å². The molecule has 7 heteroatoms. The van der Waals surface area contributed by atoms with E-state index in [-0.39, 0.29) is 10.6 Å². The molecule has 2 rings (SSSR count). The molecule has 0 saturated heterocycles. The van der Waals surface area contributed by atoms with E-state index in [4.69, 9.17) is 9.84 Å². The van der Waals surface area contributed by atoms with E-state index in [1.165, 1.54) is 0 Å². The normalized spacial score (nSPS) is 9.95. The Kier molecular flexibility index (Phi) is 3.76. The molecular weight excluding hydrogens is 268 g/mol. The van der Waals surface area contributed by atoms with Crippen LogP contribution in [-0.4, -0.2) is 21.5 Å². The van der Waals surface area contributed by atoms with Crippen LogP contribution in [0.4, 0.5) is 9.80 Å². The third-order valence-electron chi connectivity index (χ3n) is 2.25. The van der Waals surface area contributed by atoms with E-state index in [1.807, 2.05) is 0 Å². The summed E-state index contributed by atoms with van der Waals surface area (Å²) in [6, 6.07) is 8.48. The number of ether oxygens (including phenoxy) is 1. The van der Waals surface area contributed by atoms with Gasteiger partial charge >= 0.3 is 12.1 Å². The smallest absolute Gasteiger partial charge is 0.417 e. The fraction of sp³-hybridized carbons (Fsp3) is 0.0833. The van der Waals surface area contributed by atoms with Gasteiger partial charge in [0.15, 0.2) is 0 Å².